The molecule has 5 amide bonds. The lowest BCUT2D eigenvalue weighted by molar-refractivity contribution is -0.121. The van der Waals surface area contributed by atoms with Gasteiger partial charge in [0.1, 0.15) is 0 Å². The van der Waals surface area contributed by atoms with Crippen LogP contribution < -0.4 is 26.6 Å². The minimum Gasteiger partial charge on any atom is -0.462 e. The minimum absolute atomic E-state index is 0.0720. The van der Waals surface area contributed by atoms with Crippen molar-refractivity contribution in [2.24, 2.45) is 0 Å². The molecule has 2 aliphatic rings. The standard InChI is InChI=1S/C31H40N6O6S/c1-2-43-30(41)22-13-15-32-18-23(22)35-27(39)12-6-8-20-7-5-9-21(17-20)34-28(40)14-16-33-26(38)11-4-3-10-25-29-24(19-44-25)36-31(42)37-29/h5,7,9,13,15,17-18,24-25,29H,2-4,6,8,10-12,14,16,19H2,1H3,(H,33,38)(H,34,40)(H,35,39)(H2,36,37,42)/t24-,25-,29-/m0/s1. The van der Waals surface area contributed by atoms with E-state index in [2.05, 4.69) is 31.6 Å². The molecular formula is C31H40N6O6S. The third kappa shape index (κ3) is 9.97. The highest BCUT2D eigenvalue weighted by Crippen LogP contribution is 2.33. The zero-order valence-electron chi connectivity index (χ0n) is 24.9. The Balaban J connectivity index is 1.08. The van der Waals surface area contributed by atoms with Gasteiger partial charge in [-0.15, -0.1) is 0 Å². The number of carbonyl (C=O) groups excluding carboxylic acids is 5. The topological polar surface area (TPSA) is 168 Å². The molecule has 12 nitrogen and oxygen atoms in total. The number of esters is 1. The smallest absolute Gasteiger partial charge is 0.340 e. The number of nitrogens with zero attached hydrogens (tertiary/aromatic N) is 1. The highest BCUT2D eigenvalue weighted by atomic mass is 32.2. The molecule has 0 radical (unpaired) electrons. The molecule has 0 spiro atoms. The number of unbranched alkanes of at least 4 members (excludes halogenated alkanes) is 1. The normalized spacial score (nSPS) is 18.5. The van der Waals surface area contributed by atoms with Crippen molar-refractivity contribution in [3.63, 3.8) is 0 Å². The Morgan fingerprint density at radius 3 is 2.66 bits per heavy atom. The Morgan fingerprint density at radius 1 is 1.00 bits per heavy atom. The maximum Gasteiger partial charge on any atom is 0.340 e. The van der Waals surface area contributed by atoms with E-state index in [1.807, 2.05) is 30.0 Å². The Bertz CT molecular complexity index is 1340. The van der Waals surface area contributed by atoms with Crippen molar-refractivity contribution in [2.75, 3.05) is 29.5 Å². The summed E-state index contributed by atoms with van der Waals surface area (Å²) in [5.74, 6) is -0.102. The molecule has 0 unspecified atom stereocenters. The summed E-state index contributed by atoms with van der Waals surface area (Å²) in [5, 5.41) is 14.7. The van der Waals surface area contributed by atoms with Gasteiger partial charge in [0.15, 0.2) is 0 Å². The number of aryl methyl sites for hydroxylation is 1. The van der Waals surface area contributed by atoms with Crippen LogP contribution in [-0.2, 0) is 25.5 Å². The minimum atomic E-state index is -0.519. The second-order valence-corrected chi connectivity index (χ2v) is 12.0. The third-order valence-electron chi connectivity index (χ3n) is 7.43. The summed E-state index contributed by atoms with van der Waals surface area (Å²) >= 11 is 1.87. The van der Waals surface area contributed by atoms with Gasteiger partial charge < -0.3 is 31.3 Å². The van der Waals surface area contributed by atoms with E-state index in [0.29, 0.717) is 35.9 Å². The van der Waals surface area contributed by atoms with Gasteiger partial charge in [-0.2, -0.15) is 11.8 Å². The molecule has 1 aromatic carbocycles. The van der Waals surface area contributed by atoms with E-state index in [4.69, 9.17) is 4.74 Å². The first-order chi connectivity index (χ1) is 21.3. The first kappa shape index (κ1) is 32.8. The van der Waals surface area contributed by atoms with E-state index in [0.717, 1.165) is 30.6 Å². The zero-order chi connectivity index (χ0) is 31.3. The summed E-state index contributed by atoms with van der Waals surface area (Å²) in [5.41, 5.74) is 2.19. The Kier molecular flexibility index (Phi) is 12.4. The molecule has 0 saturated carbocycles. The van der Waals surface area contributed by atoms with E-state index < -0.39 is 5.97 Å². The number of benzene rings is 1. The molecule has 3 atom stereocenters. The maximum absolute atomic E-state index is 12.5. The highest BCUT2D eigenvalue weighted by Gasteiger charge is 2.42. The van der Waals surface area contributed by atoms with Crippen LogP contribution >= 0.6 is 11.8 Å². The maximum atomic E-state index is 12.5. The van der Waals surface area contributed by atoms with Gasteiger partial charge in [-0.3, -0.25) is 19.4 Å². The van der Waals surface area contributed by atoms with Gasteiger partial charge in [-0.05, 0) is 56.4 Å². The number of hydrogen-bond acceptors (Lipinski definition) is 8. The molecule has 2 aliphatic heterocycles. The second kappa shape index (κ2) is 16.6. The number of amides is 5. The number of aromatic nitrogens is 1. The molecule has 44 heavy (non-hydrogen) atoms. The summed E-state index contributed by atoms with van der Waals surface area (Å²) in [6.45, 7) is 2.20. The molecule has 0 aliphatic carbocycles. The van der Waals surface area contributed by atoms with Crippen molar-refractivity contribution in [3.8, 4) is 0 Å². The summed E-state index contributed by atoms with van der Waals surface area (Å²) < 4.78 is 5.03. The number of nitrogens with one attached hydrogen (secondary N) is 5. The SMILES string of the molecule is CCOC(=O)c1ccncc1NC(=O)CCCc1cccc(NC(=O)CCNC(=O)CCCC[C@@H]2SC[C@@H]3NC(=O)N[C@@H]32)c1. The number of carbonyl (C=O) groups is 5. The molecule has 0 bridgehead atoms. The molecular weight excluding hydrogens is 584 g/mol. The predicted octanol–water partition coefficient (Wildman–Crippen LogP) is 3.39. The van der Waals surface area contributed by atoms with Gasteiger partial charge in [0, 0.05) is 48.7 Å². The van der Waals surface area contributed by atoms with Gasteiger partial charge in [0.25, 0.3) is 0 Å². The number of fused-ring (bicyclic) bond motifs is 1. The fourth-order valence-corrected chi connectivity index (χ4v) is 6.80. The lowest BCUT2D eigenvalue weighted by Crippen LogP contribution is -2.36. The first-order valence-electron chi connectivity index (χ1n) is 15.1. The summed E-state index contributed by atoms with van der Waals surface area (Å²) in [4.78, 5) is 64.7. The van der Waals surface area contributed by atoms with E-state index in [9.17, 15) is 24.0 Å². The lowest BCUT2D eigenvalue weighted by Gasteiger charge is -2.16. The average Bonchev–Trinajstić information content (AvgIpc) is 3.55. The average molecular weight is 625 g/mol. The third-order valence-corrected chi connectivity index (χ3v) is 8.93. The van der Waals surface area contributed by atoms with Crippen LogP contribution in [0.15, 0.2) is 42.7 Å². The number of thioether (sulfide) groups is 1. The lowest BCUT2D eigenvalue weighted by atomic mass is 10.0. The predicted molar refractivity (Wildman–Crippen MR) is 168 cm³/mol. The number of hydrogen-bond donors (Lipinski definition) is 5. The van der Waals surface area contributed by atoms with Gasteiger partial charge in [-0.25, -0.2) is 9.59 Å². The van der Waals surface area contributed by atoms with Crippen molar-refractivity contribution in [3.05, 3.63) is 53.9 Å². The quantitative estimate of drug-likeness (QED) is 0.108. The number of ether oxygens (including phenoxy) is 1. The van der Waals surface area contributed by atoms with Crippen LogP contribution in [0.4, 0.5) is 16.2 Å². The number of rotatable bonds is 16. The van der Waals surface area contributed by atoms with Crippen molar-refractivity contribution in [1.82, 2.24) is 20.9 Å². The van der Waals surface area contributed by atoms with Crippen LogP contribution in [0.3, 0.4) is 0 Å². The van der Waals surface area contributed by atoms with Crippen LogP contribution in [-0.4, -0.2) is 70.9 Å². The molecule has 1 aromatic heterocycles. The first-order valence-corrected chi connectivity index (χ1v) is 16.1. The van der Waals surface area contributed by atoms with E-state index in [1.165, 1.54) is 18.5 Å². The van der Waals surface area contributed by atoms with Gasteiger partial charge in [-0.1, -0.05) is 18.6 Å². The van der Waals surface area contributed by atoms with E-state index >= 15 is 0 Å². The van der Waals surface area contributed by atoms with Crippen molar-refractivity contribution >= 4 is 52.9 Å². The fourth-order valence-electron chi connectivity index (χ4n) is 5.25. The molecule has 2 aromatic rings. The van der Waals surface area contributed by atoms with E-state index in [1.54, 1.807) is 13.0 Å². The van der Waals surface area contributed by atoms with Gasteiger partial charge in [0.05, 0.1) is 36.1 Å². The van der Waals surface area contributed by atoms with Gasteiger partial charge >= 0.3 is 12.0 Å². The molecule has 5 N–H and O–H groups in total. The molecule has 2 fully saturated rings. The van der Waals surface area contributed by atoms with Crippen LogP contribution in [0.2, 0.25) is 0 Å². The van der Waals surface area contributed by atoms with E-state index in [-0.39, 0.29) is 67.4 Å². The van der Waals surface area contributed by atoms with Crippen molar-refractivity contribution < 1.29 is 28.7 Å². The second-order valence-electron chi connectivity index (χ2n) is 10.8. The van der Waals surface area contributed by atoms with Crippen LogP contribution in [0.25, 0.3) is 0 Å². The molecule has 3 heterocycles. The Labute approximate surface area is 261 Å². The summed E-state index contributed by atoms with van der Waals surface area (Å²) in [6.07, 6.45) is 7.52. The summed E-state index contributed by atoms with van der Waals surface area (Å²) in [6, 6.07) is 9.24. The van der Waals surface area contributed by atoms with Crippen molar-refractivity contribution in [1.29, 1.82) is 0 Å². The molecule has 2 saturated heterocycles. The molecule has 236 valence electrons. The Hall–Kier alpha value is -4.13. The van der Waals surface area contributed by atoms with Gasteiger partial charge in [0.2, 0.25) is 17.7 Å². The highest BCUT2D eigenvalue weighted by molar-refractivity contribution is 8.00. The fraction of sp³-hybridized carbons (Fsp3) is 0.484. The summed E-state index contributed by atoms with van der Waals surface area (Å²) in [7, 11) is 0. The van der Waals surface area contributed by atoms with Crippen LogP contribution in [0.1, 0.15) is 67.8 Å². The van der Waals surface area contributed by atoms with Crippen LogP contribution in [0, 0.1) is 0 Å². The molecule has 4 rings (SSSR count). The number of pyridine rings is 1. The van der Waals surface area contributed by atoms with Crippen molar-refractivity contribution in [2.45, 2.75) is 75.6 Å². The van der Waals surface area contributed by atoms with Crippen LogP contribution in [0.5, 0.6) is 0 Å². The largest absolute Gasteiger partial charge is 0.462 e. The molecule has 13 heteroatoms. The Morgan fingerprint density at radius 2 is 1.82 bits per heavy atom. The monoisotopic (exact) mass is 624 g/mol. The number of anilines is 2. The zero-order valence-corrected chi connectivity index (χ0v) is 25.7. The number of urea groups is 1.